The third-order valence-corrected chi connectivity index (χ3v) is 2.79. The summed E-state index contributed by atoms with van der Waals surface area (Å²) in [7, 11) is 0. The van der Waals surface area contributed by atoms with Crippen LogP contribution in [-0.4, -0.2) is 0 Å². The first-order valence-corrected chi connectivity index (χ1v) is 4.53. The Labute approximate surface area is 81.0 Å². The molecule has 0 saturated carbocycles. The van der Waals surface area contributed by atoms with Gasteiger partial charge in [-0.25, -0.2) is 0 Å². The Morgan fingerprint density at radius 3 is 1.92 bits per heavy atom. The summed E-state index contributed by atoms with van der Waals surface area (Å²) >= 11 is 0. The Balaban J connectivity index is 3.39. The number of rotatable bonds is 1. The van der Waals surface area contributed by atoms with Crippen LogP contribution < -0.4 is 0 Å². The van der Waals surface area contributed by atoms with Crippen molar-refractivity contribution in [1.29, 1.82) is 0 Å². The summed E-state index contributed by atoms with van der Waals surface area (Å²) in [5.41, 5.74) is 6.51. The van der Waals surface area contributed by atoms with E-state index in [-0.39, 0.29) is 0 Å². The van der Waals surface area contributed by atoms with Crippen molar-refractivity contribution in [1.82, 2.24) is 0 Å². The molecule has 13 heavy (non-hydrogen) atoms. The van der Waals surface area contributed by atoms with Gasteiger partial charge in [0.2, 0.25) is 0 Å². The fourth-order valence-electron chi connectivity index (χ4n) is 1.65. The predicted octanol–water partition coefficient (Wildman–Crippen LogP) is 3.05. The molecule has 0 aliphatic heterocycles. The van der Waals surface area contributed by atoms with Gasteiger partial charge in [-0.3, -0.25) is 0 Å². The second-order valence-electron chi connectivity index (χ2n) is 3.59. The van der Waals surface area contributed by atoms with Crippen molar-refractivity contribution in [2.45, 2.75) is 34.1 Å². The van der Waals surface area contributed by atoms with E-state index >= 15 is 0 Å². The van der Waals surface area contributed by atoms with Gasteiger partial charge in [0.25, 0.3) is 0 Å². The summed E-state index contributed by atoms with van der Waals surface area (Å²) in [6.07, 6.45) is 7.66. The number of hydrogen-bond acceptors (Lipinski definition) is 0. The zero-order valence-electron chi connectivity index (χ0n) is 8.78. The molecule has 0 N–H and O–H groups in total. The number of hydrogen-bond donors (Lipinski definition) is 0. The van der Waals surface area contributed by atoms with Crippen LogP contribution in [0.1, 0.15) is 27.8 Å². The standard InChI is InChI=1S/C13H15/c1-6-7-13-11(4)9(2)8-10(3)12(13)5/h8H,7H2,2-5H3. The SMILES string of the molecule is [C]#CCc1c(C)c(C)cc(C)c1C. The van der Waals surface area contributed by atoms with Gasteiger partial charge < -0.3 is 0 Å². The van der Waals surface area contributed by atoms with Crippen LogP contribution in [0.4, 0.5) is 0 Å². The fourth-order valence-corrected chi connectivity index (χ4v) is 1.65. The fraction of sp³-hybridized carbons (Fsp3) is 0.385. The number of benzene rings is 1. The maximum Gasteiger partial charge on any atom is 0.0356 e. The van der Waals surface area contributed by atoms with Crippen LogP contribution in [-0.2, 0) is 6.42 Å². The molecule has 0 amide bonds. The molecule has 1 radical (unpaired) electrons. The van der Waals surface area contributed by atoms with Crippen LogP contribution in [0.2, 0.25) is 0 Å². The van der Waals surface area contributed by atoms with Crippen molar-refractivity contribution in [3.63, 3.8) is 0 Å². The summed E-state index contributed by atoms with van der Waals surface area (Å²) in [5, 5.41) is 0. The molecule has 1 aromatic rings. The Bertz CT molecular complexity index is 338. The smallest absolute Gasteiger partial charge is 0.0356 e. The van der Waals surface area contributed by atoms with Crippen LogP contribution >= 0.6 is 0 Å². The molecule has 67 valence electrons. The Morgan fingerprint density at radius 1 is 1.08 bits per heavy atom. The molecule has 0 heterocycles. The lowest BCUT2D eigenvalue weighted by Crippen LogP contribution is -1.98. The molecule has 1 aromatic carbocycles. The van der Waals surface area contributed by atoms with Crippen molar-refractivity contribution >= 4 is 0 Å². The van der Waals surface area contributed by atoms with Crippen molar-refractivity contribution < 1.29 is 0 Å². The lowest BCUT2D eigenvalue weighted by molar-refractivity contribution is 1.13. The van der Waals surface area contributed by atoms with E-state index in [1.165, 1.54) is 27.8 Å². The third-order valence-electron chi connectivity index (χ3n) is 2.79. The monoisotopic (exact) mass is 171 g/mol. The highest BCUT2D eigenvalue weighted by Crippen LogP contribution is 2.21. The van der Waals surface area contributed by atoms with Gasteiger partial charge in [-0.15, -0.1) is 0 Å². The van der Waals surface area contributed by atoms with Gasteiger partial charge in [-0.2, -0.15) is 0 Å². The van der Waals surface area contributed by atoms with Crippen LogP contribution in [0.3, 0.4) is 0 Å². The maximum atomic E-state index is 7.02. The van der Waals surface area contributed by atoms with Crippen LogP contribution in [0.15, 0.2) is 6.07 Å². The second kappa shape index (κ2) is 3.66. The molecule has 0 nitrogen and oxygen atoms in total. The van der Waals surface area contributed by atoms with Gasteiger partial charge in [0.15, 0.2) is 0 Å². The second-order valence-corrected chi connectivity index (χ2v) is 3.59. The first kappa shape index (κ1) is 9.86. The van der Waals surface area contributed by atoms with E-state index in [0.717, 1.165) is 0 Å². The minimum Gasteiger partial charge on any atom is -0.0843 e. The minimum absolute atomic E-state index is 0.639. The van der Waals surface area contributed by atoms with E-state index in [1.54, 1.807) is 0 Å². The quantitative estimate of drug-likeness (QED) is 0.570. The van der Waals surface area contributed by atoms with Crippen LogP contribution in [0.5, 0.6) is 0 Å². The van der Waals surface area contributed by atoms with Crippen molar-refractivity contribution in [2.75, 3.05) is 0 Å². The van der Waals surface area contributed by atoms with E-state index in [2.05, 4.69) is 39.7 Å². The predicted molar refractivity (Wildman–Crippen MR) is 56.2 cm³/mol. The molecule has 0 spiro atoms. The molecule has 1 rings (SSSR count). The van der Waals surface area contributed by atoms with E-state index in [0.29, 0.717) is 6.42 Å². The molecule has 0 aliphatic rings. The van der Waals surface area contributed by atoms with Gasteiger partial charge >= 0.3 is 0 Å². The molecule has 0 saturated heterocycles. The average molecular weight is 171 g/mol. The molecule has 0 heteroatoms. The molecular weight excluding hydrogens is 156 g/mol. The molecule has 0 atom stereocenters. The minimum atomic E-state index is 0.639. The summed E-state index contributed by atoms with van der Waals surface area (Å²) < 4.78 is 0. The van der Waals surface area contributed by atoms with E-state index < -0.39 is 0 Å². The molecule has 0 fully saturated rings. The Hall–Kier alpha value is -1.22. The van der Waals surface area contributed by atoms with E-state index in [1.807, 2.05) is 0 Å². The Morgan fingerprint density at radius 2 is 1.54 bits per heavy atom. The van der Waals surface area contributed by atoms with Crippen LogP contribution in [0.25, 0.3) is 0 Å². The highest BCUT2D eigenvalue weighted by atomic mass is 14.1. The normalized spacial score (nSPS) is 9.77. The zero-order valence-corrected chi connectivity index (χ0v) is 8.78. The van der Waals surface area contributed by atoms with E-state index in [9.17, 15) is 0 Å². The molecular formula is C13H15. The Kier molecular flexibility index (Phi) is 2.78. The number of aryl methyl sites for hydroxylation is 2. The third kappa shape index (κ3) is 1.75. The summed E-state index contributed by atoms with van der Waals surface area (Å²) in [6.45, 7) is 8.48. The molecule has 0 unspecified atom stereocenters. The first-order valence-electron chi connectivity index (χ1n) is 4.53. The van der Waals surface area contributed by atoms with Crippen molar-refractivity contribution in [2.24, 2.45) is 0 Å². The lowest BCUT2D eigenvalue weighted by atomic mass is 9.93. The summed E-state index contributed by atoms with van der Waals surface area (Å²) in [4.78, 5) is 0. The van der Waals surface area contributed by atoms with Gasteiger partial charge in [0, 0.05) is 6.42 Å². The first-order chi connectivity index (χ1) is 6.07. The molecule has 0 bridgehead atoms. The summed E-state index contributed by atoms with van der Waals surface area (Å²) in [5.74, 6) is 2.47. The van der Waals surface area contributed by atoms with Crippen molar-refractivity contribution in [3.05, 3.63) is 40.3 Å². The van der Waals surface area contributed by atoms with Crippen LogP contribution in [0, 0.1) is 40.0 Å². The average Bonchev–Trinajstić information content (AvgIpc) is 2.09. The largest absolute Gasteiger partial charge is 0.0843 e. The zero-order chi connectivity index (χ0) is 10.0. The summed E-state index contributed by atoms with van der Waals surface area (Å²) in [6, 6.07) is 2.21. The van der Waals surface area contributed by atoms with Gasteiger partial charge in [-0.1, -0.05) is 12.0 Å². The maximum absolute atomic E-state index is 7.02. The highest BCUT2D eigenvalue weighted by Gasteiger charge is 2.06. The van der Waals surface area contributed by atoms with Gasteiger partial charge in [0.1, 0.15) is 0 Å². The van der Waals surface area contributed by atoms with Gasteiger partial charge in [-0.05, 0) is 61.9 Å². The van der Waals surface area contributed by atoms with Crippen molar-refractivity contribution in [3.8, 4) is 5.92 Å². The lowest BCUT2D eigenvalue weighted by Gasteiger charge is -2.12. The molecule has 0 aliphatic carbocycles. The van der Waals surface area contributed by atoms with Gasteiger partial charge in [0.05, 0.1) is 0 Å². The van der Waals surface area contributed by atoms with E-state index in [4.69, 9.17) is 6.42 Å². The topological polar surface area (TPSA) is 0 Å². The highest BCUT2D eigenvalue weighted by molar-refractivity contribution is 5.45. The molecule has 0 aromatic heterocycles.